The van der Waals surface area contributed by atoms with Gasteiger partial charge < -0.3 is 14.4 Å². The third-order valence-corrected chi connectivity index (χ3v) is 8.18. The Morgan fingerprint density at radius 3 is 2.24 bits per heavy atom. The van der Waals surface area contributed by atoms with Crippen LogP contribution in [-0.2, 0) is 21.4 Å². The Morgan fingerprint density at radius 1 is 1.06 bits per heavy atom. The molecule has 1 aliphatic heterocycles. The van der Waals surface area contributed by atoms with E-state index in [1.54, 1.807) is 44.4 Å². The van der Waals surface area contributed by atoms with Gasteiger partial charge in [-0.15, -0.1) is 0 Å². The quantitative estimate of drug-likeness (QED) is 0.580. The molecule has 0 saturated carbocycles. The second kappa shape index (κ2) is 10.6. The van der Waals surface area contributed by atoms with Crippen LogP contribution in [0.2, 0.25) is 0 Å². The first-order chi connectivity index (χ1) is 15.7. The molecule has 7 nitrogen and oxygen atoms in total. The lowest BCUT2D eigenvalue weighted by atomic mass is 9.96. The zero-order valence-corrected chi connectivity index (χ0v) is 20.9. The molecule has 0 atom stereocenters. The number of ether oxygens (including phenoxy) is 2. The van der Waals surface area contributed by atoms with Crippen LogP contribution in [0.1, 0.15) is 43.7 Å². The maximum Gasteiger partial charge on any atom is 0.243 e. The lowest BCUT2D eigenvalue weighted by Crippen LogP contribution is -2.43. The summed E-state index contributed by atoms with van der Waals surface area (Å²) in [7, 11) is 1.40. The van der Waals surface area contributed by atoms with E-state index in [4.69, 9.17) is 9.47 Å². The maximum atomic E-state index is 13.0. The molecule has 0 N–H and O–H groups in total. The first kappa shape index (κ1) is 25.1. The van der Waals surface area contributed by atoms with Gasteiger partial charge in [0.15, 0.2) is 0 Å². The molecule has 0 spiro atoms. The minimum atomic E-state index is -3.56. The van der Waals surface area contributed by atoms with Gasteiger partial charge in [0.25, 0.3) is 0 Å². The number of methoxy groups -OCH3 is 2. The number of piperidine rings is 1. The predicted octanol–water partition coefficient (Wildman–Crippen LogP) is 3.89. The molecule has 1 aliphatic rings. The SMILES string of the molecule is COc1ccc(CN(C)C(=O)C2CCN(S(=O)(=O)c3ccc(C(C)C)cc3)CC2)c(OC)c1. The molecule has 180 valence electrons. The Morgan fingerprint density at radius 2 is 1.70 bits per heavy atom. The second-order valence-electron chi connectivity index (χ2n) is 8.77. The highest BCUT2D eigenvalue weighted by atomic mass is 32.2. The van der Waals surface area contributed by atoms with E-state index in [0.717, 1.165) is 11.1 Å². The number of hydrogen-bond acceptors (Lipinski definition) is 5. The summed E-state index contributed by atoms with van der Waals surface area (Å²) in [6.07, 6.45) is 1.01. The minimum Gasteiger partial charge on any atom is -0.497 e. The zero-order chi connectivity index (χ0) is 24.2. The van der Waals surface area contributed by atoms with Crippen molar-refractivity contribution in [1.82, 2.24) is 9.21 Å². The largest absolute Gasteiger partial charge is 0.497 e. The predicted molar refractivity (Wildman–Crippen MR) is 128 cm³/mol. The van der Waals surface area contributed by atoms with E-state index in [2.05, 4.69) is 13.8 Å². The van der Waals surface area contributed by atoms with Crippen molar-refractivity contribution in [3.63, 3.8) is 0 Å². The smallest absolute Gasteiger partial charge is 0.243 e. The molecule has 8 heteroatoms. The molecule has 0 aromatic heterocycles. The van der Waals surface area contributed by atoms with E-state index in [1.807, 2.05) is 24.3 Å². The van der Waals surface area contributed by atoms with E-state index in [9.17, 15) is 13.2 Å². The van der Waals surface area contributed by atoms with E-state index < -0.39 is 10.0 Å². The van der Waals surface area contributed by atoms with Crippen molar-refractivity contribution in [2.24, 2.45) is 5.92 Å². The lowest BCUT2D eigenvalue weighted by Gasteiger charge is -2.32. The topological polar surface area (TPSA) is 76.2 Å². The number of rotatable bonds is 8. The summed E-state index contributed by atoms with van der Waals surface area (Å²) in [6, 6.07) is 12.6. The van der Waals surface area contributed by atoms with Crippen molar-refractivity contribution in [2.75, 3.05) is 34.4 Å². The van der Waals surface area contributed by atoms with Crippen LogP contribution in [0.4, 0.5) is 0 Å². The number of benzene rings is 2. The molecule has 0 aliphatic carbocycles. The number of carbonyl (C=O) groups is 1. The Hall–Kier alpha value is -2.58. The van der Waals surface area contributed by atoms with E-state index in [1.165, 1.54) is 4.31 Å². The van der Waals surface area contributed by atoms with Crippen LogP contribution in [0.25, 0.3) is 0 Å². The average molecular weight is 475 g/mol. The second-order valence-corrected chi connectivity index (χ2v) is 10.7. The number of amides is 1. The van der Waals surface area contributed by atoms with Crippen LogP contribution in [0, 0.1) is 5.92 Å². The highest BCUT2D eigenvalue weighted by Gasteiger charge is 2.33. The molecule has 0 bridgehead atoms. The third kappa shape index (κ3) is 5.68. The number of sulfonamides is 1. The molecule has 2 aromatic carbocycles. The highest BCUT2D eigenvalue weighted by molar-refractivity contribution is 7.89. The van der Waals surface area contributed by atoms with Gasteiger partial charge in [0.05, 0.1) is 19.1 Å². The normalized spacial score (nSPS) is 15.5. The monoisotopic (exact) mass is 474 g/mol. The fourth-order valence-corrected chi connectivity index (χ4v) is 5.61. The van der Waals surface area contributed by atoms with Gasteiger partial charge >= 0.3 is 0 Å². The Labute approximate surface area is 197 Å². The van der Waals surface area contributed by atoms with Gasteiger partial charge in [-0.3, -0.25) is 4.79 Å². The Kier molecular flexibility index (Phi) is 8.02. The Balaban J connectivity index is 1.61. The van der Waals surface area contributed by atoms with E-state index in [-0.39, 0.29) is 11.8 Å². The molecule has 1 amide bonds. The van der Waals surface area contributed by atoms with Gasteiger partial charge in [-0.2, -0.15) is 4.31 Å². The first-order valence-electron chi connectivity index (χ1n) is 11.2. The van der Waals surface area contributed by atoms with Gasteiger partial charge in [0.2, 0.25) is 15.9 Å². The summed E-state index contributed by atoms with van der Waals surface area (Å²) in [6.45, 7) is 5.24. The molecule has 0 unspecified atom stereocenters. The maximum absolute atomic E-state index is 13.0. The van der Waals surface area contributed by atoms with Crippen molar-refractivity contribution in [1.29, 1.82) is 0 Å². The molecular formula is C25H34N2O5S. The van der Waals surface area contributed by atoms with Gasteiger partial charge in [0.1, 0.15) is 11.5 Å². The summed E-state index contributed by atoms with van der Waals surface area (Å²) in [4.78, 5) is 15.0. The molecule has 1 heterocycles. The number of carbonyl (C=O) groups excluding carboxylic acids is 1. The minimum absolute atomic E-state index is 0.0196. The van der Waals surface area contributed by atoms with Crippen molar-refractivity contribution >= 4 is 15.9 Å². The molecule has 3 rings (SSSR count). The standard InChI is InChI=1S/C25H34N2O5S/c1-18(2)19-7-10-23(11-8-19)33(29,30)27-14-12-20(13-15-27)25(28)26(3)17-21-6-9-22(31-4)16-24(21)32-5/h6-11,16,18,20H,12-15,17H2,1-5H3. The molecule has 0 radical (unpaired) electrons. The van der Waals surface area contributed by atoms with Crippen molar-refractivity contribution in [3.05, 3.63) is 53.6 Å². The van der Waals surface area contributed by atoms with Gasteiger partial charge in [-0.05, 0) is 48.6 Å². The van der Waals surface area contributed by atoms with Crippen LogP contribution in [-0.4, -0.2) is 57.9 Å². The number of nitrogens with zero attached hydrogens (tertiary/aromatic N) is 2. The van der Waals surface area contributed by atoms with Crippen LogP contribution in [0.3, 0.4) is 0 Å². The van der Waals surface area contributed by atoms with Gasteiger partial charge in [-0.25, -0.2) is 8.42 Å². The van der Waals surface area contributed by atoms with Crippen LogP contribution < -0.4 is 9.47 Å². The summed E-state index contributed by atoms with van der Waals surface area (Å²) < 4.78 is 38.3. The lowest BCUT2D eigenvalue weighted by molar-refractivity contribution is -0.135. The molecule has 1 fully saturated rings. The van der Waals surface area contributed by atoms with Crippen LogP contribution in [0.15, 0.2) is 47.4 Å². The Bertz CT molecular complexity index is 1060. The van der Waals surface area contributed by atoms with Crippen molar-refractivity contribution < 1.29 is 22.7 Å². The summed E-state index contributed by atoms with van der Waals surface area (Å²) in [5.74, 6) is 1.52. The fraction of sp³-hybridized carbons (Fsp3) is 0.480. The van der Waals surface area contributed by atoms with Crippen LogP contribution >= 0.6 is 0 Å². The van der Waals surface area contributed by atoms with Gasteiger partial charge in [-0.1, -0.05) is 26.0 Å². The van der Waals surface area contributed by atoms with Crippen molar-refractivity contribution in [3.8, 4) is 11.5 Å². The molecule has 1 saturated heterocycles. The van der Waals surface area contributed by atoms with Crippen molar-refractivity contribution in [2.45, 2.75) is 44.0 Å². The van der Waals surface area contributed by atoms with E-state index >= 15 is 0 Å². The van der Waals surface area contributed by atoms with E-state index in [0.29, 0.717) is 54.8 Å². The number of hydrogen-bond donors (Lipinski definition) is 0. The fourth-order valence-electron chi connectivity index (χ4n) is 4.14. The van der Waals surface area contributed by atoms with Gasteiger partial charge in [0, 0.05) is 44.2 Å². The zero-order valence-electron chi connectivity index (χ0n) is 20.1. The highest BCUT2D eigenvalue weighted by Crippen LogP contribution is 2.28. The molecule has 2 aromatic rings. The summed E-state index contributed by atoms with van der Waals surface area (Å²) in [5, 5.41) is 0. The average Bonchev–Trinajstić information content (AvgIpc) is 2.83. The molecular weight excluding hydrogens is 440 g/mol. The molecule has 33 heavy (non-hydrogen) atoms. The van der Waals surface area contributed by atoms with Crippen LogP contribution in [0.5, 0.6) is 11.5 Å². The third-order valence-electron chi connectivity index (χ3n) is 6.27. The first-order valence-corrected chi connectivity index (χ1v) is 12.7. The summed E-state index contributed by atoms with van der Waals surface area (Å²) in [5.41, 5.74) is 1.99. The summed E-state index contributed by atoms with van der Waals surface area (Å²) >= 11 is 0.